The van der Waals surface area contributed by atoms with E-state index in [0.29, 0.717) is 5.56 Å². The molecule has 11 nitrogen and oxygen atoms in total. The van der Waals surface area contributed by atoms with E-state index < -0.39 is 47.6 Å². The number of rotatable bonds is 16. The van der Waals surface area contributed by atoms with E-state index in [-0.39, 0.29) is 44.5 Å². The largest absolute Gasteiger partial charge is 0.458 e. The molecule has 0 unspecified atom stereocenters. The van der Waals surface area contributed by atoms with Crippen molar-refractivity contribution < 1.29 is 38.5 Å². The van der Waals surface area contributed by atoms with Crippen LogP contribution in [-0.4, -0.2) is 77.3 Å². The molecular weight excluding hydrogens is 741 g/mol. The van der Waals surface area contributed by atoms with Crippen LogP contribution in [0.2, 0.25) is 0 Å². The number of aliphatic hydroxyl groups excluding tert-OH is 1. The number of amides is 2. The minimum absolute atomic E-state index is 0.140. The Balaban J connectivity index is 1.31. The van der Waals surface area contributed by atoms with E-state index in [1.807, 2.05) is 30.3 Å². The van der Waals surface area contributed by atoms with Gasteiger partial charge in [-0.1, -0.05) is 63.8 Å². The van der Waals surface area contributed by atoms with Gasteiger partial charge in [-0.05, 0) is 70.8 Å². The van der Waals surface area contributed by atoms with Crippen LogP contribution in [0.5, 0.6) is 0 Å². The molecule has 4 fully saturated rings. The molecule has 3 saturated heterocycles. The molecule has 2 aromatic rings. The number of ether oxygens (including phenoxy) is 3. The van der Waals surface area contributed by atoms with E-state index in [9.17, 15) is 14.4 Å². The van der Waals surface area contributed by atoms with Gasteiger partial charge in [-0.3, -0.25) is 19.2 Å². The molecule has 12 heteroatoms. The number of hydroxylamine groups is 2. The van der Waals surface area contributed by atoms with Crippen LogP contribution in [0, 0.1) is 8.99 Å². The van der Waals surface area contributed by atoms with Crippen molar-refractivity contribution in [3.05, 3.63) is 68.8 Å². The number of carbonyl (C=O) groups excluding carboxylic acids is 3. The van der Waals surface area contributed by atoms with Gasteiger partial charge in [-0.2, -0.15) is 5.06 Å². The van der Waals surface area contributed by atoms with E-state index in [1.54, 1.807) is 23.3 Å². The second kappa shape index (κ2) is 15.7. The van der Waals surface area contributed by atoms with Gasteiger partial charge >= 0.3 is 5.97 Å². The Labute approximate surface area is 301 Å². The third kappa shape index (κ3) is 7.41. The number of aliphatic hydroxyl groups is 1. The Morgan fingerprint density at radius 1 is 0.959 bits per heavy atom. The molecule has 3 aliphatic heterocycles. The maximum absolute atomic E-state index is 14.7. The van der Waals surface area contributed by atoms with Crippen molar-refractivity contribution in [3.8, 4) is 0 Å². The molecule has 0 spiro atoms. The highest BCUT2D eigenvalue weighted by atomic mass is 127. The quantitative estimate of drug-likeness (QED) is 0.125. The molecule has 2 amide bonds. The Morgan fingerprint density at radius 3 is 2.37 bits per heavy atom. The van der Waals surface area contributed by atoms with Crippen molar-refractivity contribution in [3.63, 3.8) is 0 Å². The average molecular weight is 790 g/mol. The van der Waals surface area contributed by atoms with Gasteiger partial charge in [0, 0.05) is 41.5 Å². The number of esters is 1. The number of nitrogens with one attached hydrogen (secondary N) is 2. The van der Waals surface area contributed by atoms with Crippen LogP contribution in [0.25, 0.3) is 0 Å². The predicted octanol–water partition coefficient (Wildman–Crippen LogP) is 4.77. The summed E-state index contributed by atoms with van der Waals surface area (Å²) >= 11 is 2.25. The molecule has 1 aliphatic carbocycles. The van der Waals surface area contributed by atoms with Crippen molar-refractivity contribution in [2.45, 2.75) is 121 Å². The lowest BCUT2D eigenvalue weighted by atomic mass is 9.62. The van der Waals surface area contributed by atoms with Crippen LogP contribution in [0.15, 0.2) is 48.5 Å². The summed E-state index contributed by atoms with van der Waals surface area (Å²) in [6, 6.07) is 14.0. The van der Waals surface area contributed by atoms with Crippen LogP contribution in [0.4, 0.5) is 0 Å². The fourth-order valence-corrected chi connectivity index (χ4v) is 8.27. The molecule has 1 saturated carbocycles. The Bertz CT molecular complexity index is 1480. The SMILES string of the molecule is CCCCCC1(CCCCC)O[C@@H]2[C@H](O1)[C@H]1ON(Cc3ccc(I)cc3)[C@@H]3C(=O)O[C@@H]2C[C@]13C(=O)NCc1cccc(C(=O)NCCO)c1. The Hall–Kier alpha value is -2.62. The first kappa shape index (κ1) is 36.2. The summed E-state index contributed by atoms with van der Waals surface area (Å²) in [6.45, 7) is 4.75. The third-order valence-electron chi connectivity index (χ3n) is 10.3. The fourth-order valence-electron chi connectivity index (χ4n) is 7.91. The van der Waals surface area contributed by atoms with Gasteiger partial charge in [0.2, 0.25) is 5.91 Å². The number of carbonyl (C=O) groups is 3. The zero-order valence-electron chi connectivity index (χ0n) is 28.3. The number of hydrogen-bond donors (Lipinski definition) is 3. The molecule has 49 heavy (non-hydrogen) atoms. The molecule has 2 bridgehead atoms. The Kier molecular flexibility index (Phi) is 11.6. The monoisotopic (exact) mass is 789 g/mol. The first-order valence-corrected chi connectivity index (χ1v) is 18.8. The molecule has 0 aromatic heterocycles. The van der Waals surface area contributed by atoms with Gasteiger partial charge in [0.25, 0.3) is 5.91 Å². The summed E-state index contributed by atoms with van der Waals surface area (Å²) in [7, 11) is 0. The van der Waals surface area contributed by atoms with Crippen molar-refractivity contribution in [1.82, 2.24) is 15.7 Å². The molecule has 0 radical (unpaired) electrons. The number of halogens is 1. The van der Waals surface area contributed by atoms with E-state index >= 15 is 0 Å². The van der Waals surface area contributed by atoms with Gasteiger partial charge in [0.15, 0.2) is 11.8 Å². The van der Waals surface area contributed by atoms with Gasteiger partial charge in [-0.15, -0.1) is 0 Å². The summed E-state index contributed by atoms with van der Waals surface area (Å²) in [4.78, 5) is 47.9. The normalized spacial score (nSPS) is 28.2. The number of hydrogen-bond acceptors (Lipinski definition) is 9. The summed E-state index contributed by atoms with van der Waals surface area (Å²) in [5.41, 5.74) is 0.799. The van der Waals surface area contributed by atoms with Gasteiger partial charge in [0.05, 0.1) is 13.2 Å². The van der Waals surface area contributed by atoms with E-state index in [1.165, 1.54) is 0 Å². The van der Waals surface area contributed by atoms with Crippen LogP contribution in [0.3, 0.4) is 0 Å². The topological polar surface area (TPSA) is 136 Å². The predicted molar refractivity (Wildman–Crippen MR) is 189 cm³/mol. The maximum atomic E-state index is 14.7. The molecule has 2 aromatic carbocycles. The molecule has 6 atom stereocenters. The summed E-state index contributed by atoms with van der Waals surface area (Å²) in [5.74, 6) is -1.96. The lowest BCUT2D eigenvalue weighted by molar-refractivity contribution is -0.224. The lowest BCUT2D eigenvalue weighted by Gasteiger charge is -2.48. The molecule has 4 aliphatic rings. The summed E-state index contributed by atoms with van der Waals surface area (Å²) < 4.78 is 21.0. The van der Waals surface area contributed by atoms with E-state index in [4.69, 9.17) is 24.2 Å². The number of benzene rings is 2. The standard InChI is InChI=1S/C37H48IN3O8/c1-3-5-7-16-36(17-8-6-4-2)47-29-28-21-37(35(45)40-22-25-10-9-11-26(20-25)33(43)39-18-19-42)31(34(44)46-28)41(49-32(37)30(29)48-36)23-24-12-14-27(38)15-13-24/h9-15,20,28-32,42H,3-8,16-19,21-23H2,1-2H3,(H,39,43)(H,40,45)/t28-,29+,30+,31-,32-,37-/m1/s1. The molecular formula is C37H48IN3O8. The number of nitrogens with zero attached hydrogens (tertiary/aromatic N) is 1. The highest BCUT2D eigenvalue weighted by Crippen LogP contribution is 2.58. The van der Waals surface area contributed by atoms with Crippen LogP contribution >= 0.6 is 22.6 Å². The lowest BCUT2D eigenvalue weighted by Crippen LogP contribution is -2.69. The first-order valence-electron chi connectivity index (χ1n) is 17.7. The smallest absolute Gasteiger partial charge is 0.327 e. The second-order valence-electron chi connectivity index (χ2n) is 13.7. The highest BCUT2D eigenvalue weighted by molar-refractivity contribution is 14.1. The van der Waals surface area contributed by atoms with Gasteiger partial charge in [0.1, 0.15) is 29.8 Å². The van der Waals surface area contributed by atoms with Crippen LogP contribution < -0.4 is 10.6 Å². The van der Waals surface area contributed by atoms with E-state index in [2.05, 4.69) is 47.1 Å². The Morgan fingerprint density at radius 2 is 1.67 bits per heavy atom. The number of unbranched alkanes of at least 4 members (excludes halogenated alkanes) is 4. The minimum atomic E-state index is -1.28. The minimum Gasteiger partial charge on any atom is -0.458 e. The van der Waals surface area contributed by atoms with Crippen molar-refractivity contribution in [2.75, 3.05) is 13.2 Å². The molecule has 3 N–H and O–H groups in total. The fraction of sp³-hybridized carbons (Fsp3) is 0.595. The van der Waals surface area contributed by atoms with Crippen molar-refractivity contribution in [1.29, 1.82) is 0 Å². The van der Waals surface area contributed by atoms with Crippen LogP contribution in [0.1, 0.15) is 93.1 Å². The molecule has 266 valence electrons. The second-order valence-corrected chi connectivity index (χ2v) is 14.9. The first-order chi connectivity index (χ1) is 23.7. The maximum Gasteiger partial charge on any atom is 0.327 e. The zero-order chi connectivity index (χ0) is 34.6. The highest BCUT2D eigenvalue weighted by Gasteiger charge is 2.76. The van der Waals surface area contributed by atoms with E-state index in [0.717, 1.165) is 66.1 Å². The third-order valence-corrected chi connectivity index (χ3v) is 11.0. The van der Waals surface area contributed by atoms with Crippen LogP contribution in [-0.2, 0) is 41.7 Å². The zero-order valence-corrected chi connectivity index (χ0v) is 30.5. The summed E-state index contributed by atoms with van der Waals surface area (Å²) in [6.07, 6.45) is 5.25. The number of fused-ring (bicyclic) bond motifs is 4. The molecule has 3 heterocycles. The summed E-state index contributed by atoms with van der Waals surface area (Å²) in [5, 5.41) is 16.5. The van der Waals surface area contributed by atoms with Gasteiger partial charge in [-0.25, -0.2) is 0 Å². The average Bonchev–Trinajstić information content (AvgIpc) is 3.66. The molecule has 6 rings (SSSR count). The van der Waals surface area contributed by atoms with Crippen molar-refractivity contribution >= 4 is 40.4 Å². The van der Waals surface area contributed by atoms with Gasteiger partial charge < -0.3 is 30.0 Å². The van der Waals surface area contributed by atoms with Crippen molar-refractivity contribution in [2.24, 2.45) is 5.41 Å².